The van der Waals surface area contributed by atoms with Crippen molar-refractivity contribution in [3.05, 3.63) is 18.2 Å². The van der Waals surface area contributed by atoms with Gasteiger partial charge in [-0.3, -0.25) is 81.9 Å². The Bertz CT molecular complexity index is 3650. The van der Waals surface area contributed by atoms with Crippen molar-refractivity contribution in [3.8, 4) is 0 Å². The van der Waals surface area contributed by atoms with E-state index in [1.165, 1.54) is 43.9 Å². The summed E-state index contributed by atoms with van der Waals surface area (Å²) >= 11 is 0. The molecule has 6 aliphatic heterocycles. The molecule has 14 atom stereocenters. The number of carboxylic acids is 2. The minimum absolute atomic E-state index is 0.00654. The molecule has 6 aliphatic rings. The Kier molecular flexibility index (Phi) is 33.8. The van der Waals surface area contributed by atoms with E-state index in [0.717, 1.165) is 4.90 Å². The van der Waals surface area contributed by atoms with Crippen molar-refractivity contribution in [2.24, 2.45) is 44.6 Å². The van der Waals surface area contributed by atoms with Gasteiger partial charge in [-0.05, 0) is 128 Å². The third-order valence-corrected chi connectivity index (χ3v) is 20.8. The lowest BCUT2D eigenvalue weighted by Crippen LogP contribution is -2.61. The molecule has 626 valence electrons. The van der Waals surface area contributed by atoms with E-state index in [0.29, 0.717) is 31.4 Å². The molecule has 23 N–H and O–H groups in total. The summed E-state index contributed by atoms with van der Waals surface area (Å²) in [5.41, 5.74) is 28.5. The summed E-state index contributed by atoms with van der Waals surface area (Å²) in [6.45, 7) is 3.02. The number of aromatic nitrogens is 2. The number of guanidine groups is 2. The second kappa shape index (κ2) is 42.7. The van der Waals surface area contributed by atoms with Crippen molar-refractivity contribution in [3.63, 3.8) is 0 Å². The summed E-state index contributed by atoms with van der Waals surface area (Å²) in [6, 6.07) is -16.8. The zero-order valence-corrected chi connectivity index (χ0v) is 64.0. The number of hydrogen-bond donors (Lipinski definition) is 18. The highest BCUT2D eigenvalue weighted by Crippen LogP contribution is 2.30. The first-order chi connectivity index (χ1) is 53.7. The van der Waals surface area contributed by atoms with E-state index in [-0.39, 0.29) is 160 Å². The number of hydrogen-bond acceptors (Lipinski definition) is 22. The van der Waals surface area contributed by atoms with E-state index in [4.69, 9.17) is 28.7 Å². The van der Waals surface area contributed by atoms with Gasteiger partial charge in [0.2, 0.25) is 82.7 Å². The number of carboxylic acid groups (broad SMARTS) is 2. The van der Waals surface area contributed by atoms with Crippen LogP contribution in [0.15, 0.2) is 22.5 Å². The van der Waals surface area contributed by atoms with Gasteiger partial charge in [0, 0.05) is 77.1 Å². The first kappa shape index (κ1) is 89.4. The van der Waals surface area contributed by atoms with Crippen LogP contribution < -0.4 is 71.2 Å². The van der Waals surface area contributed by atoms with Gasteiger partial charge in [-0.1, -0.05) is 13.8 Å². The second-order valence-corrected chi connectivity index (χ2v) is 29.6. The molecule has 43 heteroatoms. The average molecular weight is 1590 g/mol. The Morgan fingerprint density at radius 2 is 0.956 bits per heavy atom. The Balaban J connectivity index is 0.945. The second-order valence-electron chi connectivity index (χ2n) is 29.6. The van der Waals surface area contributed by atoms with Crippen LogP contribution in [0.3, 0.4) is 0 Å². The fraction of sp³-hybridized carbons (Fsp3) is 0.700. The molecule has 0 spiro atoms. The maximum absolute atomic E-state index is 14.9. The molecule has 0 saturated carbocycles. The minimum atomic E-state index is -1.68. The normalized spacial score (nSPS) is 21.5. The quantitative estimate of drug-likeness (QED) is 0.0165. The van der Waals surface area contributed by atoms with Gasteiger partial charge in [-0.25, -0.2) is 9.78 Å². The van der Waals surface area contributed by atoms with E-state index < -0.39 is 212 Å². The molecule has 6 saturated heterocycles. The van der Waals surface area contributed by atoms with Crippen molar-refractivity contribution in [2.45, 2.75) is 234 Å². The molecule has 14 amide bonds. The number of nitrogens with zero attached hydrogens (tertiary/aromatic N) is 9. The van der Waals surface area contributed by atoms with Crippen LogP contribution in [0, 0.1) is 5.92 Å². The number of nitrogens with two attached hydrogens (primary N) is 5. The van der Waals surface area contributed by atoms with E-state index in [2.05, 4.69) is 62.5 Å². The van der Waals surface area contributed by atoms with Gasteiger partial charge >= 0.3 is 11.9 Å². The molecule has 113 heavy (non-hydrogen) atoms. The van der Waals surface area contributed by atoms with Gasteiger partial charge in [0.25, 0.3) is 0 Å². The highest BCUT2D eigenvalue weighted by Gasteiger charge is 2.49. The zero-order valence-electron chi connectivity index (χ0n) is 64.0. The molecule has 43 nitrogen and oxygen atoms in total. The maximum atomic E-state index is 14.9. The SMILES string of the molecule is CC(C)C[C@H](NC(=O)CNC(=O)CNC(=O)[C@H](CO)NC(=O)[C@@H]1CCCN1C(=O)[C@H](CCC(=O)O)NC(=O)[C@@H]1CCCN1C(=O)[C@@H]1CCCN1C(=O)[C@H](NC(=O)[C@@H]1CCCN1C(=O)[C@@H]1CCCN1C(=O)[C@H](Cc1cnc[nH]1)NC(=O)[C@H](CCCN=C(N)N)NC(=O)[C@@H](N)CCCN=C(N)N)[C@@H](C)O)C(=O)N1CCC[C@H]1C(=O)O. The van der Waals surface area contributed by atoms with Gasteiger partial charge in [0.05, 0.1) is 38.2 Å². The molecule has 7 heterocycles. The third kappa shape index (κ3) is 25.1. The smallest absolute Gasteiger partial charge is 0.326 e. The van der Waals surface area contributed by atoms with Crippen LogP contribution in [0.1, 0.15) is 148 Å². The van der Waals surface area contributed by atoms with E-state index >= 15 is 0 Å². The maximum Gasteiger partial charge on any atom is 0.326 e. The first-order valence-electron chi connectivity index (χ1n) is 38.5. The van der Waals surface area contributed by atoms with Gasteiger partial charge in [0.1, 0.15) is 72.5 Å². The molecule has 1 aromatic rings. The Morgan fingerprint density at radius 3 is 1.46 bits per heavy atom. The van der Waals surface area contributed by atoms with E-state index in [1.807, 2.05) is 0 Å². The van der Waals surface area contributed by atoms with E-state index in [9.17, 15) is 97.1 Å². The topological polar surface area (TPSA) is 653 Å². The number of carbonyl (C=O) groups excluding carboxylic acids is 14. The lowest BCUT2D eigenvalue weighted by Gasteiger charge is -2.35. The number of rotatable bonds is 40. The van der Waals surface area contributed by atoms with Crippen LogP contribution in [-0.2, 0) is 83.1 Å². The van der Waals surface area contributed by atoms with Crippen molar-refractivity contribution in [2.75, 3.05) is 72.1 Å². The number of amides is 14. The van der Waals surface area contributed by atoms with Crippen molar-refractivity contribution < 1.29 is 97.1 Å². The molecule has 0 aromatic carbocycles. The highest BCUT2D eigenvalue weighted by molar-refractivity contribution is 6.01. The standard InChI is InChI=1S/C70H111N23O20/c1-37(2)30-43(63(107)93-29-11-19-51(93)68(112)113)82-53(97)34-79-52(96)33-80-57(101)45(35-94)86-60(104)46-14-6-24-88(46)62(106)42(20-21-54(98)99)84-59(103)47-15-7-25-89(47)66(110)50-18-10-28-92(50)67(111)55(38(3)95)87-61(105)48-16-8-26-90(48)65(109)49-17-9-27-91(49)64(108)44(31-39-32-76-36-81-39)85-58(102)41(13-5-23-78-70(74)75)83-56(100)40(71)12-4-22-77-69(72)73/h32,36-38,40-51,55,94-95H,4-31,33-35,71H2,1-3H3,(H,76,81)(H,79,96)(H,80,101)(H,82,97)(H,83,100)(H,84,103)(H,85,102)(H,86,104)(H,87,105)(H,98,99)(H,112,113)(H4,72,73,77)(H4,74,75,78)/t38-,40+,41+,42+,43+,44+,45+,46+,47+,48+,49+,50+,51+,55-/m1/s1. The summed E-state index contributed by atoms with van der Waals surface area (Å²) in [6.07, 6.45) is 3.54. The predicted molar refractivity (Wildman–Crippen MR) is 399 cm³/mol. The summed E-state index contributed by atoms with van der Waals surface area (Å²) < 4.78 is 0. The Morgan fingerprint density at radius 1 is 0.504 bits per heavy atom. The van der Waals surface area contributed by atoms with Crippen LogP contribution in [0.25, 0.3) is 0 Å². The largest absolute Gasteiger partial charge is 0.481 e. The summed E-state index contributed by atoms with van der Waals surface area (Å²) in [5.74, 6) is -13.9. The number of aromatic amines is 1. The van der Waals surface area contributed by atoms with Crippen molar-refractivity contribution >= 4 is 107 Å². The Hall–Kier alpha value is -10.8. The number of aliphatic hydroxyl groups is 2. The van der Waals surface area contributed by atoms with E-state index in [1.54, 1.807) is 13.8 Å². The fourth-order valence-electron chi connectivity index (χ4n) is 15.1. The summed E-state index contributed by atoms with van der Waals surface area (Å²) in [4.78, 5) is 242. The molecular formula is C70H111N23O20. The lowest BCUT2D eigenvalue weighted by molar-refractivity contribution is -0.151. The molecule has 0 unspecified atom stereocenters. The lowest BCUT2D eigenvalue weighted by atomic mass is 10.0. The van der Waals surface area contributed by atoms with Crippen LogP contribution in [0.4, 0.5) is 0 Å². The molecule has 0 bridgehead atoms. The monoisotopic (exact) mass is 1590 g/mol. The molecule has 0 aliphatic carbocycles. The number of aliphatic hydroxyl groups excluding tert-OH is 2. The van der Waals surface area contributed by atoms with Gasteiger partial charge < -0.3 is 126 Å². The highest BCUT2D eigenvalue weighted by atomic mass is 16.4. The molecule has 1 aromatic heterocycles. The van der Waals surface area contributed by atoms with Gasteiger partial charge in [-0.2, -0.15) is 0 Å². The van der Waals surface area contributed by atoms with Crippen molar-refractivity contribution in [1.29, 1.82) is 0 Å². The molecule has 0 radical (unpaired) electrons. The summed E-state index contributed by atoms with van der Waals surface area (Å²) in [7, 11) is 0. The van der Waals surface area contributed by atoms with Crippen LogP contribution in [-0.4, -0.2) is 323 Å². The van der Waals surface area contributed by atoms with Crippen LogP contribution in [0.5, 0.6) is 0 Å². The average Bonchev–Trinajstić information content (AvgIpc) is 1.69. The fourth-order valence-corrected chi connectivity index (χ4v) is 15.1. The number of aliphatic carboxylic acids is 2. The number of H-pyrrole nitrogens is 1. The third-order valence-electron chi connectivity index (χ3n) is 20.8. The minimum Gasteiger partial charge on any atom is -0.481 e. The number of nitrogens with one attached hydrogen (secondary N) is 9. The van der Waals surface area contributed by atoms with Gasteiger partial charge in [-0.15, -0.1) is 0 Å². The van der Waals surface area contributed by atoms with Gasteiger partial charge in [0.15, 0.2) is 11.9 Å². The van der Waals surface area contributed by atoms with Crippen molar-refractivity contribution in [1.82, 2.24) is 81.9 Å². The number of likely N-dealkylation sites (tertiary alicyclic amines) is 6. The van der Waals surface area contributed by atoms with Crippen LogP contribution in [0.2, 0.25) is 0 Å². The number of aliphatic imine (C=N–C) groups is 2. The Labute approximate surface area is 651 Å². The predicted octanol–water partition coefficient (Wildman–Crippen LogP) is -8.16. The number of carbonyl (C=O) groups is 16. The molecule has 6 fully saturated rings. The van der Waals surface area contributed by atoms with Crippen LogP contribution >= 0.6 is 0 Å². The molecular weight excluding hydrogens is 1480 g/mol. The molecule has 7 rings (SSSR count). The summed E-state index contributed by atoms with van der Waals surface area (Å²) in [5, 5.41) is 60.9. The number of imidazole rings is 1. The zero-order chi connectivity index (χ0) is 82.9. The first-order valence-corrected chi connectivity index (χ1v) is 38.5.